The topological polar surface area (TPSA) is 59.0 Å². The smallest absolute Gasteiger partial charge is 0.330 e. The second-order valence-corrected chi connectivity index (χ2v) is 16.6. The Balaban J connectivity index is 5.43. The maximum atomic E-state index is 14.5. The average Bonchev–Trinajstić information content (AvgIpc) is 3.05. The molecule has 5 nitrogen and oxygen atoms in total. The van der Waals surface area contributed by atoms with Crippen LogP contribution in [0.2, 0.25) is 0 Å². The number of hydrogen-bond acceptors (Lipinski definition) is 5. The summed E-state index contributed by atoms with van der Waals surface area (Å²) >= 11 is 0. The van der Waals surface area contributed by atoms with E-state index < -0.39 is 7.60 Å². The molecule has 0 aliphatic rings. The van der Waals surface area contributed by atoms with Crippen LogP contribution in [0.25, 0.3) is 0 Å². The molecule has 0 heterocycles. The maximum Gasteiger partial charge on any atom is 0.330 e. The summed E-state index contributed by atoms with van der Waals surface area (Å²) < 4.78 is 27.4. The third-order valence-electron chi connectivity index (χ3n) is 9.74. The van der Waals surface area contributed by atoms with Gasteiger partial charge >= 0.3 is 7.60 Å². The lowest BCUT2D eigenvalue weighted by Gasteiger charge is -2.26. The summed E-state index contributed by atoms with van der Waals surface area (Å²) in [4.78, 5) is 2.29. The van der Waals surface area contributed by atoms with E-state index in [4.69, 9.17) is 9.05 Å². The summed E-state index contributed by atoms with van der Waals surface area (Å²) in [6.45, 7) is 15.1. The Labute approximate surface area is 289 Å². The Morgan fingerprint density at radius 2 is 0.848 bits per heavy atom. The largest absolute Gasteiger partial charge is 0.395 e. The molecule has 1 N–H and O–H groups in total. The second kappa shape index (κ2) is 34.9. The van der Waals surface area contributed by atoms with Crippen molar-refractivity contribution in [2.45, 2.75) is 202 Å². The molecule has 0 rings (SSSR count). The van der Waals surface area contributed by atoms with Gasteiger partial charge in [-0.05, 0) is 63.5 Å². The van der Waals surface area contributed by atoms with Crippen molar-refractivity contribution >= 4 is 7.60 Å². The first-order chi connectivity index (χ1) is 22.5. The van der Waals surface area contributed by atoms with Crippen LogP contribution in [0.4, 0.5) is 0 Å². The van der Waals surface area contributed by atoms with Gasteiger partial charge in [0.2, 0.25) is 0 Å². The summed E-state index contributed by atoms with van der Waals surface area (Å²) in [7, 11) is -3.21. The predicted molar refractivity (Wildman–Crippen MR) is 203 cm³/mol. The molecule has 6 heteroatoms. The maximum absolute atomic E-state index is 14.5. The van der Waals surface area contributed by atoms with E-state index in [1.807, 2.05) is 0 Å². The first-order valence-electron chi connectivity index (χ1n) is 20.7. The highest BCUT2D eigenvalue weighted by Gasteiger charge is 2.28. The van der Waals surface area contributed by atoms with Gasteiger partial charge in [0.25, 0.3) is 0 Å². The standard InChI is InChI=1S/C40H84NO4P/c1-6-11-15-19-21-25-30-39(28-23-17-13-8-3)37-44-46(43,36-27-33-41(32-10-5)34-35-42)45-38-40(29-24-18-14-9-4)31-26-22-20-16-12-7-2/h39-40,42H,6-38H2,1-5H3. The normalized spacial score (nSPS) is 14.6. The molecule has 278 valence electrons. The molecule has 0 aromatic carbocycles. The first kappa shape index (κ1) is 46.1. The zero-order valence-corrected chi connectivity index (χ0v) is 33.0. The molecule has 0 bridgehead atoms. The van der Waals surface area contributed by atoms with E-state index in [0.29, 0.717) is 37.8 Å². The number of aliphatic hydroxyl groups is 1. The molecule has 0 aliphatic heterocycles. The van der Waals surface area contributed by atoms with Crippen LogP contribution in [-0.4, -0.2) is 55.6 Å². The fourth-order valence-corrected chi connectivity index (χ4v) is 8.39. The Morgan fingerprint density at radius 1 is 0.478 bits per heavy atom. The Morgan fingerprint density at radius 3 is 1.22 bits per heavy atom. The lowest BCUT2D eigenvalue weighted by Crippen LogP contribution is -2.29. The van der Waals surface area contributed by atoms with E-state index in [1.165, 1.54) is 154 Å². The molecule has 2 unspecified atom stereocenters. The van der Waals surface area contributed by atoms with Gasteiger partial charge in [-0.2, -0.15) is 0 Å². The molecular formula is C40H84NO4P. The van der Waals surface area contributed by atoms with E-state index in [-0.39, 0.29) is 6.61 Å². The van der Waals surface area contributed by atoms with Crippen LogP contribution in [0.1, 0.15) is 202 Å². The van der Waals surface area contributed by atoms with Crippen LogP contribution in [0.3, 0.4) is 0 Å². The lowest BCUT2D eigenvalue weighted by atomic mass is 9.95. The highest BCUT2D eigenvalue weighted by Crippen LogP contribution is 2.50. The van der Waals surface area contributed by atoms with Gasteiger partial charge in [0.15, 0.2) is 0 Å². The highest BCUT2D eigenvalue weighted by molar-refractivity contribution is 7.53. The molecule has 0 amide bonds. The molecule has 0 fully saturated rings. The fraction of sp³-hybridized carbons (Fsp3) is 1.00. The van der Waals surface area contributed by atoms with Gasteiger partial charge in [0.1, 0.15) is 0 Å². The summed E-state index contributed by atoms with van der Waals surface area (Å²) in [6, 6.07) is 0. The van der Waals surface area contributed by atoms with E-state index >= 15 is 0 Å². The monoisotopic (exact) mass is 674 g/mol. The Bertz CT molecular complexity index is 603. The van der Waals surface area contributed by atoms with Gasteiger partial charge in [-0.3, -0.25) is 4.57 Å². The van der Waals surface area contributed by atoms with Crippen molar-refractivity contribution in [1.29, 1.82) is 0 Å². The number of rotatable bonds is 38. The van der Waals surface area contributed by atoms with Crippen LogP contribution in [0.15, 0.2) is 0 Å². The van der Waals surface area contributed by atoms with Gasteiger partial charge in [0, 0.05) is 6.54 Å². The summed E-state index contributed by atoms with van der Waals surface area (Å²) in [5, 5.41) is 9.54. The third-order valence-corrected chi connectivity index (χ3v) is 11.7. The Kier molecular flexibility index (Phi) is 35.0. The van der Waals surface area contributed by atoms with Gasteiger partial charge in [-0.25, -0.2) is 0 Å². The SMILES string of the molecule is CCCCCCCCC(CCCCCC)COP(=O)(CCCN(CCC)CCO)OCC(CCCCCC)CCCCCCCC. The summed E-state index contributed by atoms with van der Waals surface area (Å²) in [5.74, 6) is 0.942. The highest BCUT2D eigenvalue weighted by atomic mass is 31.2. The molecule has 0 aliphatic carbocycles. The molecule has 0 radical (unpaired) electrons. The molecule has 46 heavy (non-hydrogen) atoms. The van der Waals surface area contributed by atoms with Crippen molar-refractivity contribution in [1.82, 2.24) is 4.90 Å². The predicted octanol–water partition coefficient (Wildman–Crippen LogP) is 13.0. The van der Waals surface area contributed by atoms with Crippen molar-refractivity contribution in [2.24, 2.45) is 11.8 Å². The van der Waals surface area contributed by atoms with Crippen molar-refractivity contribution in [3.8, 4) is 0 Å². The molecule has 0 aromatic rings. The van der Waals surface area contributed by atoms with Crippen molar-refractivity contribution in [3.05, 3.63) is 0 Å². The molecule has 0 spiro atoms. The molecule has 2 atom stereocenters. The van der Waals surface area contributed by atoms with Crippen LogP contribution in [0.5, 0.6) is 0 Å². The van der Waals surface area contributed by atoms with E-state index in [9.17, 15) is 9.67 Å². The zero-order chi connectivity index (χ0) is 34.0. The van der Waals surface area contributed by atoms with Crippen molar-refractivity contribution in [3.63, 3.8) is 0 Å². The molecule has 0 aromatic heterocycles. The number of unbranched alkanes of at least 4 members (excludes halogenated alkanes) is 16. The quantitative estimate of drug-likeness (QED) is 0.0522. The number of hydrogen-bond donors (Lipinski definition) is 1. The minimum Gasteiger partial charge on any atom is -0.395 e. The van der Waals surface area contributed by atoms with Crippen LogP contribution in [0, 0.1) is 11.8 Å². The number of aliphatic hydroxyl groups excluding tert-OH is 1. The molecule has 0 saturated carbocycles. The minimum absolute atomic E-state index is 0.168. The van der Waals surface area contributed by atoms with E-state index in [2.05, 4.69) is 39.5 Å². The zero-order valence-electron chi connectivity index (χ0n) is 32.1. The van der Waals surface area contributed by atoms with E-state index in [0.717, 1.165) is 25.9 Å². The lowest BCUT2D eigenvalue weighted by molar-refractivity contribution is 0.144. The van der Waals surface area contributed by atoms with Gasteiger partial charge < -0.3 is 19.1 Å². The van der Waals surface area contributed by atoms with Crippen LogP contribution < -0.4 is 0 Å². The van der Waals surface area contributed by atoms with Crippen LogP contribution >= 0.6 is 7.60 Å². The van der Waals surface area contributed by atoms with Gasteiger partial charge in [0.05, 0.1) is 26.0 Å². The first-order valence-corrected chi connectivity index (χ1v) is 22.4. The Hall–Kier alpha value is 0.0700. The minimum atomic E-state index is -3.21. The second-order valence-electron chi connectivity index (χ2n) is 14.4. The van der Waals surface area contributed by atoms with Crippen LogP contribution in [-0.2, 0) is 13.6 Å². The average molecular weight is 674 g/mol. The van der Waals surface area contributed by atoms with Gasteiger partial charge in [-0.1, -0.05) is 163 Å². The van der Waals surface area contributed by atoms with Gasteiger partial charge in [-0.15, -0.1) is 0 Å². The summed E-state index contributed by atoms with van der Waals surface area (Å²) in [5.41, 5.74) is 0. The number of nitrogens with zero attached hydrogens (tertiary/aromatic N) is 1. The molecular weight excluding hydrogens is 589 g/mol. The van der Waals surface area contributed by atoms with E-state index in [1.54, 1.807) is 0 Å². The van der Waals surface area contributed by atoms with Crippen molar-refractivity contribution in [2.75, 3.05) is 45.6 Å². The molecule has 0 saturated heterocycles. The van der Waals surface area contributed by atoms with Crippen molar-refractivity contribution < 1.29 is 18.7 Å². The fourth-order valence-electron chi connectivity index (χ4n) is 6.65. The summed E-state index contributed by atoms with van der Waals surface area (Å²) in [6.07, 6.45) is 32.9. The third kappa shape index (κ3) is 29.0.